The molecular formula is C16H11F2N3O2S2. The van der Waals surface area contributed by atoms with E-state index in [1.54, 1.807) is 6.07 Å². The molecule has 25 heavy (non-hydrogen) atoms. The van der Waals surface area contributed by atoms with Crippen LogP contribution in [0.2, 0.25) is 0 Å². The van der Waals surface area contributed by atoms with E-state index in [9.17, 15) is 18.7 Å². The van der Waals surface area contributed by atoms with Gasteiger partial charge in [0.2, 0.25) is 0 Å². The smallest absolute Gasteiger partial charge is 0.261 e. The third kappa shape index (κ3) is 2.90. The Labute approximate surface area is 148 Å². The number of aliphatic hydroxyl groups excluding tert-OH is 1. The highest BCUT2D eigenvalue weighted by Gasteiger charge is 2.17. The summed E-state index contributed by atoms with van der Waals surface area (Å²) in [6, 6.07) is 4.88. The van der Waals surface area contributed by atoms with Crippen molar-refractivity contribution in [1.82, 2.24) is 14.7 Å². The second-order valence-electron chi connectivity index (χ2n) is 5.37. The summed E-state index contributed by atoms with van der Waals surface area (Å²) in [5.74, 6) is -2.38. The Morgan fingerprint density at radius 2 is 2.16 bits per heavy atom. The first-order chi connectivity index (χ1) is 12.0. The number of fused-ring (bicyclic) bond motifs is 3. The first-order valence-electron chi connectivity index (χ1n) is 7.29. The van der Waals surface area contributed by atoms with E-state index in [0.29, 0.717) is 4.88 Å². The number of hydrogen-bond acceptors (Lipinski definition) is 5. The lowest BCUT2D eigenvalue weighted by Gasteiger charge is -2.12. The van der Waals surface area contributed by atoms with Crippen molar-refractivity contribution in [2.45, 2.75) is 6.10 Å². The summed E-state index contributed by atoms with van der Waals surface area (Å²) in [5.41, 5.74) is 1.05. The van der Waals surface area contributed by atoms with Gasteiger partial charge in [-0.05, 0) is 23.8 Å². The zero-order valence-electron chi connectivity index (χ0n) is 12.6. The average molecular weight is 379 g/mol. The van der Waals surface area contributed by atoms with Gasteiger partial charge in [-0.25, -0.2) is 13.8 Å². The molecule has 1 amide bonds. The monoisotopic (exact) mass is 379 g/mol. The van der Waals surface area contributed by atoms with E-state index in [1.165, 1.54) is 28.7 Å². The van der Waals surface area contributed by atoms with Gasteiger partial charge in [0.1, 0.15) is 4.83 Å². The van der Waals surface area contributed by atoms with E-state index in [0.717, 1.165) is 27.4 Å². The number of aliphatic hydroxyl groups is 1. The molecule has 0 fully saturated rings. The van der Waals surface area contributed by atoms with E-state index in [4.69, 9.17) is 0 Å². The molecule has 0 saturated carbocycles. The maximum absolute atomic E-state index is 13.2. The minimum atomic E-state index is -1.13. The van der Waals surface area contributed by atoms with Crippen LogP contribution in [0.15, 0.2) is 35.8 Å². The normalized spacial score (nSPS) is 12.8. The number of aromatic nitrogens is 2. The number of hydrogen-bond donors (Lipinski definition) is 2. The Balaban J connectivity index is 1.47. The van der Waals surface area contributed by atoms with Crippen molar-refractivity contribution >= 4 is 43.9 Å². The first kappa shape index (κ1) is 16.1. The van der Waals surface area contributed by atoms with Crippen molar-refractivity contribution in [3.8, 4) is 0 Å². The SMILES string of the molecule is O=C(NC[C@@H](O)c1ccc(F)c(F)c1)c1cc2c(nc3sccn32)s1. The average Bonchev–Trinajstić information content (AvgIpc) is 3.26. The fourth-order valence-electron chi connectivity index (χ4n) is 2.47. The summed E-state index contributed by atoms with van der Waals surface area (Å²) in [4.78, 5) is 18.8. The number of carbonyl (C=O) groups excluding carboxylic acids is 1. The molecule has 4 rings (SSSR count). The summed E-state index contributed by atoms with van der Waals surface area (Å²) >= 11 is 2.77. The number of thiazole rings is 1. The van der Waals surface area contributed by atoms with Gasteiger partial charge < -0.3 is 10.4 Å². The summed E-state index contributed by atoms with van der Waals surface area (Å²) in [7, 11) is 0. The summed E-state index contributed by atoms with van der Waals surface area (Å²) < 4.78 is 28.0. The number of halogens is 2. The molecule has 0 aliphatic carbocycles. The second-order valence-corrected chi connectivity index (χ2v) is 7.27. The maximum atomic E-state index is 13.2. The van der Waals surface area contributed by atoms with Crippen LogP contribution in [-0.4, -0.2) is 26.9 Å². The molecule has 128 valence electrons. The lowest BCUT2D eigenvalue weighted by atomic mass is 10.1. The van der Waals surface area contributed by atoms with Crippen molar-refractivity contribution in [3.63, 3.8) is 0 Å². The molecule has 3 aromatic heterocycles. The van der Waals surface area contributed by atoms with Crippen molar-refractivity contribution in [3.05, 3.63) is 57.9 Å². The molecule has 4 aromatic rings. The van der Waals surface area contributed by atoms with Crippen LogP contribution in [0.1, 0.15) is 21.3 Å². The van der Waals surface area contributed by atoms with Crippen molar-refractivity contribution in [1.29, 1.82) is 0 Å². The zero-order valence-corrected chi connectivity index (χ0v) is 14.2. The highest BCUT2D eigenvalue weighted by molar-refractivity contribution is 7.21. The fourth-order valence-corrected chi connectivity index (χ4v) is 4.19. The number of carbonyl (C=O) groups is 1. The quantitative estimate of drug-likeness (QED) is 0.571. The predicted octanol–water partition coefficient (Wildman–Crippen LogP) is 3.35. The van der Waals surface area contributed by atoms with Gasteiger partial charge in [-0.1, -0.05) is 6.07 Å². The lowest BCUT2D eigenvalue weighted by molar-refractivity contribution is 0.0920. The van der Waals surface area contributed by atoms with Gasteiger partial charge in [-0.2, -0.15) is 0 Å². The highest BCUT2D eigenvalue weighted by Crippen LogP contribution is 2.28. The van der Waals surface area contributed by atoms with Crippen molar-refractivity contribution < 1.29 is 18.7 Å². The van der Waals surface area contributed by atoms with Crippen LogP contribution >= 0.6 is 22.7 Å². The Hall–Kier alpha value is -2.36. The number of amides is 1. The summed E-state index contributed by atoms with van der Waals surface area (Å²) in [5, 5.41) is 14.5. The number of rotatable bonds is 4. The topological polar surface area (TPSA) is 66.6 Å². The molecule has 5 nitrogen and oxygen atoms in total. The van der Waals surface area contributed by atoms with E-state index < -0.39 is 17.7 Å². The Morgan fingerprint density at radius 1 is 1.32 bits per heavy atom. The van der Waals surface area contributed by atoms with Gasteiger partial charge in [0.15, 0.2) is 16.6 Å². The molecular weight excluding hydrogens is 368 g/mol. The van der Waals surface area contributed by atoms with Crippen LogP contribution in [0.4, 0.5) is 8.78 Å². The van der Waals surface area contributed by atoms with Crippen LogP contribution in [0.25, 0.3) is 15.3 Å². The van der Waals surface area contributed by atoms with Crippen molar-refractivity contribution in [2.75, 3.05) is 6.54 Å². The van der Waals surface area contributed by atoms with Gasteiger partial charge >= 0.3 is 0 Å². The zero-order chi connectivity index (χ0) is 17.6. The molecule has 0 aliphatic heterocycles. The second kappa shape index (κ2) is 6.17. The van der Waals surface area contributed by atoms with Gasteiger partial charge in [-0.15, -0.1) is 22.7 Å². The van der Waals surface area contributed by atoms with Crippen molar-refractivity contribution in [2.24, 2.45) is 0 Å². The third-order valence-corrected chi connectivity index (χ3v) is 5.52. The Kier molecular flexibility index (Phi) is 3.98. The molecule has 0 spiro atoms. The van der Waals surface area contributed by atoms with E-state index >= 15 is 0 Å². The van der Waals surface area contributed by atoms with Gasteiger partial charge in [0.25, 0.3) is 5.91 Å². The number of benzene rings is 1. The van der Waals surface area contributed by atoms with Gasteiger partial charge in [0.05, 0.1) is 16.5 Å². The van der Waals surface area contributed by atoms with Gasteiger partial charge in [0, 0.05) is 18.1 Å². The van der Waals surface area contributed by atoms with Gasteiger partial charge in [-0.3, -0.25) is 9.20 Å². The fraction of sp³-hybridized carbons (Fsp3) is 0.125. The maximum Gasteiger partial charge on any atom is 0.261 e. The minimum absolute atomic E-state index is 0.111. The summed E-state index contributed by atoms with van der Waals surface area (Å²) in [6.07, 6.45) is 0.754. The molecule has 0 bridgehead atoms. The largest absolute Gasteiger partial charge is 0.387 e. The molecule has 1 atom stereocenters. The van der Waals surface area contributed by atoms with E-state index in [1.807, 2.05) is 16.0 Å². The number of nitrogens with zero attached hydrogens (tertiary/aromatic N) is 2. The molecule has 0 aliphatic rings. The summed E-state index contributed by atoms with van der Waals surface area (Å²) in [6.45, 7) is -0.111. The van der Waals surface area contributed by atoms with Crippen LogP contribution in [0, 0.1) is 11.6 Å². The molecule has 0 radical (unpaired) electrons. The van der Waals surface area contributed by atoms with E-state index in [2.05, 4.69) is 10.3 Å². The molecule has 2 N–H and O–H groups in total. The van der Waals surface area contributed by atoms with Crippen LogP contribution in [0.3, 0.4) is 0 Å². The first-order valence-corrected chi connectivity index (χ1v) is 8.99. The Morgan fingerprint density at radius 3 is 2.96 bits per heavy atom. The molecule has 1 aromatic carbocycles. The Bertz CT molecular complexity index is 1090. The van der Waals surface area contributed by atoms with E-state index in [-0.39, 0.29) is 18.0 Å². The highest BCUT2D eigenvalue weighted by atomic mass is 32.1. The standard InChI is InChI=1S/C16H11F2N3O2S2/c17-9-2-1-8(5-10(9)18)12(22)7-19-14(23)13-6-11-15(25-13)20-16-21(11)3-4-24-16/h1-6,12,22H,7H2,(H,19,23)/t12-/m1/s1. The lowest BCUT2D eigenvalue weighted by Crippen LogP contribution is -2.27. The molecule has 0 saturated heterocycles. The molecule has 3 heterocycles. The molecule has 9 heteroatoms. The number of imidazole rings is 1. The number of thiophene rings is 1. The predicted molar refractivity (Wildman–Crippen MR) is 92.1 cm³/mol. The van der Waals surface area contributed by atoms with Crippen LogP contribution in [0.5, 0.6) is 0 Å². The molecule has 0 unspecified atom stereocenters. The van der Waals surface area contributed by atoms with Crippen LogP contribution in [-0.2, 0) is 0 Å². The minimum Gasteiger partial charge on any atom is -0.387 e. The van der Waals surface area contributed by atoms with Crippen LogP contribution < -0.4 is 5.32 Å². The third-order valence-electron chi connectivity index (χ3n) is 3.75. The number of nitrogens with one attached hydrogen (secondary N) is 1.